The van der Waals surface area contributed by atoms with Gasteiger partial charge in [0.25, 0.3) is 10.0 Å². The lowest BCUT2D eigenvalue weighted by Gasteiger charge is -2.07. The molecule has 0 spiro atoms. The van der Waals surface area contributed by atoms with Crippen molar-refractivity contribution in [2.45, 2.75) is 4.90 Å². The van der Waals surface area contributed by atoms with E-state index >= 15 is 0 Å². The van der Waals surface area contributed by atoms with Gasteiger partial charge in [0.1, 0.15) is 0 Å². The highest BCUT2D eigenvalue weighted by Crippen LogP contribution is 2.16. The van der Waals surface area contributed by atoms with Crippen LogP contribution in [0.25, 0.3) is 0 Å². The summed E-state index contributed by atoms with van der Waals surface area (Å²) in [7, 11) is -3.60. The Morgan fingerprint density at radius 3 is 2.39 bits per heavy atom. The van der Waals surface area contributed by atoms with E-state index in [1.165, 1.54) is 18.2 Å². The highest BCUT2D eigenvalue weighted by molar-refractivity contribution is 7.92. The van der Waals surface area contributed by atoms with Gasteiger partial charge in [0.2, 0.25) is 0 Å². The first kappa shape index (κ1) is 12.1. The predicted octanol–water partition coefficient (Wildman–Crippen LogP) is 2.36. The van der Waals surface area contributed by atoms with E-state index in [0.29, 0.717) is 11.3 Å². The van der Waals surface area contributed by atoms with Gasteiger partial charge in [-0.25, -0.2) is 8.42 Å². The Kier molecular flexibility index (Phi) is 3.31. The topological polar surface area (TPSA) is 70.0 Å². The van der Waals surface area contributed by atoms with Gasteiger partial charge in [0.15, 0.2) is 0 Å². The fourth-order valence-corrected chi connectivity index (χ4v) is 2.54. The molecule has 5 heteroatoms. The maximum Gasteiger partial charge on any atom is 0.261 e. The summed E-state index contributed by atoms with van der Waals surface area (Å²) in [5.41, 5.74) is 0.779. The Balaban J connectivity index is 2.32. The van der Waals surface area contributed by atoms with Crippen LogP contribution in [0.2, 0.25) is 0 Å². The van der Waals surface area contributed by atoms with Crippen molar-refractivity contribution in [1.82, 2.24) is 0 Å². The highest BCUT2D eigenvalue weighted by Gasteiger charge is 2.13. The Morgan fingerprint density at radius 2 is 1.72 bits per heavy atom. The van der Waals surface area contributed by atoms with Crippen LogP contribution < -0.4 is 4.72 Å². The van der Waals surface area contributed by atoms with Crippen molar-refractivity contribution >= 4 is 15.7 Å². The molecule has 0 amide bonds. The van der Waals surface area contributed by atoms with Gasteiger partial charge in [-0.05, 0) is 30.3 Å². The molecule has 2 rings (SSSR count). The second-order valence-corrected chi connectivity index (χ2v) is 5.29. The number of benzene rings is 2. The van der Waals surface area contributed by atoms with Crippen LogP contribution in [0, 0.1) is 11.3 Å². The first-order valence-electron chi connectivity index (χ1n) is 5.20. The minimum absolute atomic E-state index is 0.187. The largest absolute Gasteiger partial charge is 0.280 e. The standard InChI is InChI=1S/C13H10N2O2S/c14-10-11-5-4-6-12(9-11)15-18(16,17)13-7-2-1-3-8-13/h1-9,15H. The van der Waals surface area contributed by atoms with Crippen LogP contribution >= 0.6 is 0 Å². The Morgan fingerprint density at radius 1 is 1.00 bits per heavy atom. The monoisotopic (exact) mass is 258 g/mol. The summed E-state index contributed by atoms with van der Waals surface area (Å²) in [5, 5.41) is 8.75. The van der Waals surface area contributed by atoms with Gasteiger partial charge in [-0.3, -0.25) is 4.72 Å². The maximum absolute atomic E-state index is 12.0. The van der Waals surface area contributed by atoms with Gasteiger partial charge in [-0.1, -0.05) is 24.3 Å². The van der Waals surface area contributed by atoms with Gasteiger partial charge in [0.05, 0.1) is 22.2 Å². The molecule has 4 nitrogen and oxygen atoms in total. The summed E-state index contributed by atoms with van der Waals surface area (Å²) in [4.78, 5) is 0.187. The SMILES string of the molecule is N#Cc1cccc(NS(=O)(=O)c2ccccc2)c1. The van der Waals surface area contributed by atoms with Gasteiger partial charge in [-0.2, -0.15) is 5.26 Å². The lowest BCUT2D eigenvalue weighted by molar-refractivity contribution is 0.601. The number of rotatable bonds is 3. The van der Waals surface area contributed by atoms with Crippen molar-refractivity contribution in [2.75, 3.05) is 4.72 Å². The van der Waals surface area contributed by atoms with Crippen LogP contribution in [0.15, 0.2) is 59.5 Å². The fraction of sp³-hybridized carbons (Fsp3) is 0. The van der Waals surface area contributed by atoms with E-state index in [2.05, 4.69) is 4.72 Å². The minimum Gasteiger partial charge on any atom is -0.280 e. The summed E-state index contributed by atoms with van der Waals surface area (Å²) >= 11 is 0. The van der Waals surface area contributed by atoms with Crippen molar-refractivity contribution in [3.05, 3.63) is 60.2 Å². The molecule has 0 heterocycles. The van der Waals surface area contributed by atoms with Gasteiger partial charge >= 0.3 is 0 Å². The number of nitrogens with one attached hydrogen (secondary N) is 1. The zero-order valence-electron chi connectivity index (χ0n) is 9.37. The van der Waals surface area contributed by atoms with Gasteiger partial charge < -0.3 is 0 Å². The van der Waals surface area contributed by atoms with Crippen LogP contribution in [-0.4, -0.2) is 8.42 Å². The molecule has 0 saturated heterocycles. The molecular weight excluding hydrogens is 248 g/mol. The van der Waals surface area contributed by atoms with E-state index in [4.69, 9.17) is 5.26 Å². The summed E-state index contributed by atoms with van der Waals surface area (Å²) < 4.78 is 26.4. The van der Waals surface area contributed by atoms with Crippen molar-refractivity contribution in [3.63, 3.8) is 0 Å². The van der Waals surface area contributed by atoms with Crippen LogP contribution in [-0.2, 0) is 10.0 Å². The van der Waals surface area contributed by atoms with Crippen molar-refractivity contribution in [2.24, 2.45) is 0 Å². The third kappa shape index (κ3) is 2.67. The molecule has 0 aliphatic carbocycles. The van der Waals surface area contributed by atoms with Crippen LogP contribution in [0.5, 0.6) is 0 Å². The first-order valence-corrected chi connectivity index (χ1v) is 6.68. The molecule has 0 aliphatic heterocycles. The zero-order chi connectivity index (χ0) is 13.0. The lowest BCUT2D eigenvalue weighted by Crippen LogP contribution is -2.12. The molecule has 90 valence electrons. The number of nitrogens with zero attached hydrogens (tertiary/aromatic N) is 1. The van der Waals surface area contributed by atoms with E-state index in [-0.39, 0.29) is 4.90 Å². The number of nitriles is 1. The third-order valence-corrected chi connectivity index (χ3v) is 3.69. The minimum atomic E-state index is -3.60. The van der Waals surface area contributed by atoms with Crippen molar-refractivity contribution < 1.29 is 8.42 Å². The van der Waals surface area contributed by atoms with Crippen molar-refractivity contribution in [3.8, 4) is 6.07 Å². The molecule has 0 aliphatic rings. The van der Waals surface area contributed by atoms with E-state index < -0.39 is 10.0 Å². The van der Waals surface area contributed by atoms with Gasteiger partial charge in [0, 0.05) is 0 Å². The Hall–Kier alpha value is -2.32. The summed E-state index contributed by atoms with van der Waals surface area (Å²) in [5.74, 6) is 0. The molecule has 0 radical (unpaired) electrons. The molecule has 0 saturated carbocycles. The van der Waals surface area contributed by atoms with E-state index in [0.717, 1.165) is 0 Å². The van der Waals surface area contributed by atoms with Crippen LogP contribution in [0.3, 0.4) is 0 Å². The molecule has 0 fully saturated rings. The van der Waals surface area contributed by atoms with Gasteiger partial charge in [-0.15, -0.1) is 0 Å². The average molecular weight is 258 g/mol. The first-order chi connectivity index (χ1) is 8.62. The molecule has 2 aromatic rings. The number of hydrogen-bond donors (Lipinski definition) is 1. The van der Waals surface area contributed by atoms with E-state index in [1.807, 2.05) is 6.07 Å². The molecule has 0 aromatic heterocycles. The molecule has 18 heavy (non-hydrogen) atoms. The summed E-state index contributed by atoms with van der Waals surface area (Å²) in [6, 6.07) is 16.4. The molecule has 1 N–H and O–H groups in total. The van der Waals surface area contributed by atoms with E-state index in [1.54, 1.807) is 36.4 Å². The average Bonchev–Trinajstić information content (AvgIpc) is 2.39. The van der Waals surface area contributed by atoms with Crippen molar-refractivity contribution in [1.29, 1.82) is 5.26 Å². The molecular formula is C13H10N2O2S. The molecule has 2 aromatic carbocycles. The Bertz CT molecular complexity index is 688. The van der Waals surface area contributed by atoms with E-state index in [9.17, 15) is 8.42 Å². The second-order valence-electron chi connectivity index (χ2n) is 3.61. The third-order valence-electron chi connectivity index (χ3n) is 2.30. The molecule has 0 atom stereocenters. The molecule has 0 unspecified atom stereocenters. The zero-order valence-corrected chi connectivity index (χ0v) is 10.2. The number of anilines is 1. The second kappa shape index (κ2) is 4.90. The molecule has 0 bridgehead atoms. The van der Waals surface area contributed by atoms with Crippen LogP contribution in [0.4, 0.5) is 5.69 Å². The predicted molar refractivity (Wildman–Crippen MR) is 68.4 cm³/mol. The van der Waals surface area contributed by atoms with Crippen LogP contribution in [0.1, 0.15) is 5.56 Å². The Labute approximate surface area is 106 Å². The normalized spacial score (nSPS) is 10.6. The lowest BCUT2D eigenvalue weighted by atomic mass is 10.2. The maximum atomic E-state index is 12.0. The highest BCUT2D eigenvalue weighted by atomic mass is 32.2. The summed E-state index contributed by atoms with van der Waals surface area (Å²) in [6.07, 6.45) is 0. The smallest absolute Gasteiger partial charge is 0.261 e. The number of sulfonamides is 1. The number of hydrogen-bond acceptors (Lipinski definition) is 3. The quantitative estimate of drug-likeness (QED) is 0.918. The summed E-state index contributed by atoms with van der Waals surface area (Å²) in [6.45, 7) is 0. The fourth-order valence-electron chi connectivity index (χ4n) is 1.47.